The van der Waals surface area contributed by atoms with Crippen molar-refractivity contribution in [3.8, 4) is 0 Å². The van der Waals surface area contributed by atoms with E-state index in [1.807, 2.05) is 24.5 Å². The summed E-state index contributed by atoms with van der Waals surface area (Å²) in [5.41, 5.74) is 2.42. The van der Waals surface area contributed by atoms with Crippen LogP contribution in [0.3, 0.4) is 0 Å². The number of thiophene rings is 1. The quantitative estimate of drug-likeness (QED) is 0.856. The molecule has 0 aliphatic rings. The average Bonchev–Trinajstić information content (AvgIpc) is 2.87. The van der Waals surface area contributed by atoms with Gasteiger partial charge in [-0.1, -0.05) is 13.0 Å². The molecule has 96 valence electrons. The van der Waals surface area contributed by atoms with E-state index in [-0.39, 0.29) is 0 Å². The Hall–Kier alpha value is -1.19. The summed E-state index contributed by atoms with van der Waals surface area (Å²) in [6, 6.07) is 9.02. The first-order chi connectivity index (χ1) is 8.79. The molecule has 2 aromatic rings. The number of aromatic nitrogens is 1. The predicted octanol–water partition coefficient (Wildman–Crippen LogP) is 3.73. The zero-order chi connectivity index (χ0) is 12.8. The summed E-state index contributed by atoms with van der Waals surface area (Å²) in [6.45, 7) is 5.30. The SMILES string of the molecule is CCCNC(Cc1cccs1)c1ccnc(C)c1. The molecule has 1 atom stereocenters. The van der Waals surface area contributed by atoms with Crippen LogP contribution in [0.2, 0.25) is 0 Å². The number of nitrogens with one attached hydrogen (secondary N) is 1. The van der Waals surface area contributed by atoms with Crippen LogP contribution in [0.25, 0.3) is 0 Å². The van der Waals surface area contributed by atoms with E-state index in [1.54, 1.807) is 0 Å². The van der Waals surface area contributed by atoms with Gasteiger partial charge in [-0.25, -0.2) is 0 Å². The molecule has 0 aromatic carbocycles. The smallest absolute Gasteiger partial charge is 0.0375 e. The molecule has 0 bridgehead atoms. The van der Waals surface area contributed by atoms with Gasteiger partial charge in [0.05, 0.1) is 0 Å². The molecule has 2 heterocycles. The zero-order valence-corrected chi connectivity index (χ0v) is 11.8. The van der Waals surface area contributed by atoms with Crippen LogP contribution >= 0.6 is 11.3 Å². The van der Waals surface area contributed by atoms with E-state index in [1.165, 1.54) is 10.4 Å². The molecule has 3 heteroatoms. The Morgan fingerprint density at radius 1 is 1.39 bits per heavy atom. The van der Waals surface area contributed by atoms with Crippen molar-refractivity contribution in [3.63, 3.8) is 0 Å². The standard InChI is InChI=1S/C15H20N2S/c1-3-7-17-15(11-14-5-4-9-18-14)13-6-8-16-12(2)10-13/h4-6,8-10,15,17H,3,7,11H2,1-2H3. The molecule has 0 fully saturated rings. The number of hydrogen-bond donors (Lipinski definition) is 1. The normalized spacial score (nSPS) is 12.6. The second kappa shape index (κ2) is 6.66. The molecule has 2 rings (SSSR count). The second-order valence-electron chi connectivity index (χ2n) is 4.52. The van der Waals surface area contributed by atoms with Crippen LogP contribution in [-0.2, 0) is 6.42 Å². The molecule has 0 aliphatic carbocycles. The molecule has 0 spiro atoms. The lowest BCUT2D eigenvalue weighted by molar-refractivity contribution is 0.531. The summed E-state index contributed by atoms with van der Waals surface area (Å²) in [6.07, 6.45) is 4.12. The van der Waals surface area contributed by atoms with E-state index in [2.05, 4.69) is 46.9 Å². The van der Waals surface area contributed by atoms with Gasteiger partial charge in [0.15, 0.2) is 0 Å². The van der Waals surface area contributed by atoms with E-state index in [4.69, 9.17) is 0 Å². The Morgan fingerprint density at radius 3 is 2.94 bits per heavy atom. The lowest BCUT2D eigenvalue weighted by Gasteiger charge is -2.18. The highest BCUT2D eigenvalue weighted by atomic mass is 32.1. The molecule has 0 saturated carbocycles. The van der Waals surface area contributed by atoms with Crippen LogP contribution in [0.1, 0.15) is 35.5 Å². The monoisotopic (exact) mass is 260 g/mol. The molecule has 2 nitrogen and oxygen atoms in total. The van der Waals surface area contributed by atoms with Gasteiger partial charge in [0.25, 0.3) is 0 Å². The molecule has 1 N–H and O–H groups in total. The third kappa shape index (κ3) is 3.65. The van der Waals surface area contributed by atoms with Crippen molar-refractivity contribution in [2.24, 2.45) is 0 Å². The highest BCUT2D eigenvalue weighted by Gasteiger charge is 2.12. The van der Waals surface area contributed by atoms with Crippen molar-refractivity contribution in [2.75, 3.05) is 6.54 Å². The number of hydrogen-bond acceptors (Lipinski definition) is 3. The third-order valence-corrected chi connectivity index (χ3v) is 3.85. The van der Waals surface area contributed by atoms with Crippen LogP contribution in [0.5, 0.6) is 0 Å². The molecule has 18 heavy (non-hydrogen) atoms. The summed E-state index contributed by atoms with van der Waals surface area (Å²) in [7, 11) is 0. The molecular formula is C15H20N2S. The first kappa shape index (κ1) is 13.2. The predicted molar refractivity (Wildman–Crippen MR) is 78.0 cm³/mol. The maximum Gasteiger partial charge on any atom is 0.0375 e. The van der Waals surface area contributed by atoms with Gasteiger partial charge >= 0.3 is 0 Å². The molecule has 0 aliphatic heterocycles. The fourth-order valence-electron chi connectivity index (χ4n) is 2.04. The van der Waals surface area contributed by atoms with Gasteiger partial charge in [-0.15, -0.1) is 11.3 Å². The van der Waals surface area contributed by atoms with E-state index in [0.29, 0.717) is 6.04 Å². The number of nitrogens with zero attached hydrogens (tertiary/aromatic N) is 1. The highest BCUT2D eigenvalue weighted by Crippen LogP contribution is 2.21. The molecule has 0 saturated heterocycles. The van der Waals surface area contributed by atoms with E-state index in [9.17, 15) is 0 Å². The first-order valence-corrected chi connectivity index (χ1v) is 7.36. The van der Waals surface area contributed by atoms with Crippen molar-refractivity contribution in [1.29, 1.82) is 0 Å². The van der Waals surface area contributed by atoms with Crippen LogP contribution in [-0.4, -0.2) is 11.5 Å². The minimum Gasteiger partial charge on any atom is -0.310 e. The summed E-state index contributed by atoms with van der Waals surface area (Å²) in [5.74, 6) is 0. The summed E-state index contributed by atoms with van der Waals surface area (Å²) >= 11 is 1.83. The Labute approximate surface area is 113 Å². The Morgan fingerprint density at radius 2 is 2.28 bits per heavy atom. The zero-order valence-electron chi connectivity index (χ0n) is 11.0. The minimum atomic E-state index is 0.394. The number of rotatable bonds is 6. The Bertz CT molecular complexity index is 465. The van der Waals surface area contributed by atoms with Crippen LogP contribution in [0, 0.1) is 6.92 Å². The summed E-state index contributed by atoms with van der Waals surface area (Å²) in [5, 5.41) is 5.77. The fourth-order valence-corrected chi connectivity index (χ4v) is 2.79. The number of pyridine rings is 1. The van der Waals surface area contributed by atoms with Crippen molar-refractivity contribution in [1.82, 2.24) is 10.3 Å². The van der Waals surface area contributed by atoms with Crippen molar-refractivity contribution >= 4 is 11.3 Å². The van der Waals surface area contributed by atoms with E-state index < -0.39 is 0 Å². The third-order valence-electron chi connectivity index (χ3n) is 2.95. The molecule has 2 aromatic heterocycles. The van der Waals surface area contributed by atoms with E-state index >= 15 is 0 Å². The lowest BCUT2D eigenvalue weighted by atomic mass is 10.0. The number of aryl methyl sites for hydroxylation is 1. The fraction of sp³-hybridized carbons (Fsp3) is 0.400. The summed E-state index contributed by atoms with van der Waals surface area (Å²) < 4.78 is 0. The van der Waals surface area contributed by atoms with Gasteiger partial charge in [0.1, 0.15) is 0 Å². The Balaban J connectivity index is 2.13. The van der Waals surface area contributed by atoms with Gasteiger partial charge in [-0.2, -0.15) is 0 Å². The van der Waals surface area contributed by atoms with Gasteiger partial charge in [0.2, 0.25) is 0 Å². The van der Waals surface area contributed by atoms with E-state index in [0.717, 1.165) is 25.1 Å². The largest absolute Gasteiger partial charge is 0.310 e. The van der Waals surface area contributed by atoms with Gasteiger partial charge in [-0.3, -0.25) is 4.98 Å². The average molecular weight is 260 g/mol. The summed E-state index contributed by atoms with van der Waals surface area (Å²) in [4.78, 5) is 5.70. The van der Waals surface area contributed by atoms with Crippen LogP contribution in [0.15, 0.2) is 35.8 Å². The molecular weight excluding hydrogens is 240 g/mol. The molecule has 0 amide bonds. The van der Waals surface area contributed by atoms with Crippen molar-refractivity contribution < 1.29 is 0 Å². The minimum absolute atomic E-state index is 0.394. The van der Waals surface area contributed by atoms with Crippen LogP contribution < -0.4 is 5.32 Å². The highest BCUT2D eigenvalue weighted by molar-refractivity contribution is 7.09. The molecule has 0 radical (unpaired) electrons. The van der Waals surface area contributed by atoms with Crippen molar-refractivity contribution in [2.45, 2.75) is 32.7 Å². The Kier molecular flexibility index (Phi) is 4.90. The van der Waals surface area contributed by atoms with Crippen molar-refractivity contribution in [3.05, 3.63) is 52.0 Å². The van der Waals surface area contributed by atoms with Crippen LogP contribution in [0.4, 0.5) is 0 Å². The topological polar surface area (TPSA) is 24.9 Å². The van der Waals surface area contributed by atoms with Gasteiger partial charge < -0.3 is 5.32 Å². The van der Waals surface area contributed by atoms with Gasteiger partial charge in [0, 0.05) is 29.2 Å². The maximum absolute atomic E-state index is 4.27. The second-order valence-corrected chi connectivity index (χ2v) is 5.55. The maximum atomic E-state index is 4.27. The lowest BCUT2D eigenvalue weighted by Crippen LogP contribution is -2.24. The van der Waals surface area contributed by atoms with Gasteiger partial charge in [-0.05, 0) is 49.0 Å². The first-order valence-electron chi connectivity index (χ1n) is 6.48. The molecule has 1 unspecified atom stereocenters.